The van der Waals surface area contributed by atoms with E-state index in [4.69, 9.17) is 0 Å². The van der Waals surface area contributed by atoms with Crippen molar-refractivity contribution >= 4 is 27.1 Å². The van der Waals surface area contributed by atoms with Gasteiger partial charge in [-0.25, -0.2) is 9.97 Å². The molecule has 9 heteroatoms. The summed E-state index contributed by atoms with van der Waals surface area (Å²) in [5, 5.41) is 0.969. The Hall–Kier alpha value is -2.49. The summed E-state index contributed by atoms with van der Waals surface area (Å²) < 4.78 is 30.4. The zero-order valence-electron chi connectivity index (χ0n) is 15.4. The van der Waals surface area contributed by atoms with E-state index < -0.39 is 10.2 Å². The molecule has 3 heterocycles. The monoisotopic (exact) mass is 398 g/mol. The van der Waals surface area contributed by atoms with Gasteiger partial charge in [-0.2, -0.15) is 17.4 Å². The fourth-order valence-electron chi connectivity index (χ4n) is 4.03. The molecular weight excluding hydrogens is 376 g/mol. The van der Waals surface area contributed by atoms with Gasteiger partial charge in [0.25, 0.3) is 10.2 Å². The van der Waals surface area contributed by atoms with Crippen LogP contribution in [0, 0.1) is 0 Å². The predicted octanol–water partition coefficient (Wildman–Crippen LogP) is 1.65. The first-order valence-electron chi connectivity index (χ1n) is 9.42. The highest BCUT2D eigenvalue weighted by molar-refractivity contribution is 7.87. The number of H-pyrrole nitrogens is 1. The molecule has 1 spiro atoms. The molecule has 146 valence electrons. The van der Waals surface area contributed by atoms with Crippen LogP contribution in [0.15, 0.2) is 48.9 Å². The molecule has 1 aliphatic carbocycles. The van der Waals surface area contributed by atoms with Crippen molar-refractivity contribution in [2.75, 3.05) is 24.5 Å². The summed E-state index contributed by atoms with van der Waals surface area (Å²) in [6, 6.07) is 11.6. The van der Waals surface area contributed by atoms with Crippen LogP contribution in [-0.2, 0) is 16.8 Å². The van der Waals surface area contributed by atoms with Gasteiger partial charge in [-0.15, -0.1) is 0 Å². The number of aromatic nitrogens is 3. The van der Waals surface area contributed by atoms with Crippen molar-refractivity contribution in [2.45, 2.75) is 24.9 Å². The highest BCUT2D eigenvalue weighted by Gasteiger charge is 2.56. The number of rotatable bonds is 5. The van der Waals surface area contributed by atoms with Gasteiger partial charge in [-0.05, 0) is 24.5 Å². The number of hydrogen-bond donors (Lipinski definition) is 2. The number of nitrogens with zero attached hydrogens (tertiary/aromatic N) is 4. The van der Waals surface area contributed by atoms with Crippen LogP contribution in [0.3, 0.4) is 0 Å². The lowest BCUT2D eigenvalue weighted by molar-refractivity contribution is 0.267. The minimum absolute atomic E-state index is 0.301. The third kappa shape index (κ3) is 3.05. The van der Waals surface area contributed by atoms with Gasteiger partial charge in [-0.1, -0.05) is 30.3 Å². The van der Waals surface area contributed by atoms with Crippen LogP contribution in [0.5, 0.6) is 0 Å². The Balaban J connectivity index is 1.34. The Morgan fingerprint density at radius 3 is 2.71 bits per heavy atom. The maximum Gasteiger partial charge on any atom is 0.280 e. The molecule has 0 unspecified atom stereocenters. The summed E-state index contributed by atoms with van der Waals surface area (Å²) >= 11 is 0. The summed E-state index contributed by atoms with van der Waals surface area (Å²) in [6.07, 6.45) is 5.15. The Morgan fingerprint density at radius 1 is 1.11 bits per heavy atom. The maximum absolute atomic E-state index is 13.0. The number of piperazine rings is 1. The molecule has 2 aromatic heterocycles. The van der Waals surface area contributed by atoms with E-state index in [0.29, 0.717) is 26.2 Å². The summed E-state index contributed by atoms with van der Waals surface area (Å²) in [6.45, 7) is 2.00. The first-order valence-corrected chi connectivity index (χ1v) is 10.9. The van der Waals surface area contributed by atoms with E-state index in [9.17, 15) is 8.42 Å². The van der Waals surface area contributed by atoms with Gasteiger partial charge in [0.15, 0.2) is 0 Å². The predicted molar refractivity (Wildman–Crippen MR) is 107 cm³/mol. The first-order chi connectivity index (χ1) is 13.6. The smallest absolute Gasteiger partial charge is 0.280 e. The van der Waals surface area contributed by atoms with Crippen molar-refractivity contribution in [3.63, 3.8) is 0 Å². The lowest BCUT2D eigenvalue weighted by Crippen LogP contribution is -2.59. The Kier molecular flexibility index (Phi) is 4.11. The molecule has 0 atom stereocenters. The van der Waals surface area contributed by atoms with Gasteiger partial charge in [-0.3, -0.25) is 0 Å². The van der Waals surface area contributed by atoms with E-state index in [1.165, 1.54) is 0 Å². The van der Waals surface area contributed by atoms with Crippen molar-refractivity contribution in [3.05, 3.63) is 54.5 Å². The van der Waals surface area contributed by atoms with Crippen molar-refractivity contribution in [1.82, 2.24) is 24.0 Å². The van der Waals surface area contributed by atoms with Crippen LogP contribution >= 0.6 is 0 Å². The number of hydrogen-bond acceptors (Lipinski definition) is 5. The minimum atomic E-state index is -3.55. The number of nitrogens with one attached hydrogen (secondary N) is 2. The minimum Gasteiger partial charge on any atom is -0.353 e. The average molecular weight is 398 g/mol. The highest BCUT2D eigenvalue weighted by Crippen LogP contribution is 2.46. The second kappa shape index (κ2) is 6.54. The van der Waals surface area contributed by atoms with E-state index in [1.807, 2.05) is 42.6 Å². The van der Waals surface area contributed by atoms with Crippen LogP contribution in [0.2, 0.25) is 0 Å². The van der Waals surface area contributed by atoms with Gasteiger partial charge >= 0.3 is 0 Å². The van der Waals surface area contributed by atoms with E-state index in [0.717, 1.165) is 35.3 Å². The Labute approximate surface area is 163 Å². The zero-order valence-corrected chi connectivity index (χ0v) is 16.2. The Bertz CT molecular complexity index is 1090. The summed E-state index contributed by atoms with van der Waals surface area (Å²) in [7, 11) is -3.55. The van der Waals surface area contributed by atoms with E-state index in [1.54, 1.807) is 10.6 Å². The molecule has 3 aromatic rings. The quantitative estimate of drug-likeness (QED) is 0.682. The molecular formula is C19H22N6O2S. The number of fused-ring (bicyclic) bond motifs is 1. The van der Waals surface area contributed by atoms with Crippen LogP contribution in [0.25, 0.3) is 11.0 Å². The molecule has 2 aliphatic rings. The molecule has 1 aromatic carbocycles. The van der Waals surface area contributed by atoms with Crippen molar-refractivity contribution < 1.29 is 8.42 Å². The van der Waals surface area contributed by atoms with E-state index >= 15 is 0 Å². The van der Waals surface area contributed by atoms with Crippen molar-refractivity contribution in [3.8, 4) is 0 Å². The largest absolute Gasteiger partial charge is 0.353 e. The van der Waals surface area contributed by atoms with Crippen molar-refractivity contribution in [1.29, 1.82) is 0 Å². The molecule has 2 fully saturated rings. The van der Waals surface area contributed by atoms with Gasteiger partial charge in [0.2, 0.25) is 0 Å². The lowest BCUT2D eigenvalue weighted by atomic mass is 10.2. The van der Waals surface area contributed by atoms with Crippen LogP contribution in [0.1, 0.15) is 18.4 Å². The summed E-state index contributed by atoms with van der Waals surface area (Å²) in [5.41, 5.74) is 1.41. The molecule has 8 nitrogen and oxygen atoms in total. The van der Waals surface area contributed by atoms with Crippen LogP contribution in [0.4, 0.5) is 5.82 Å². The van der Waals surface area contributed by atoms with Gasteiger partial charge in [0.1, 0.15) is 17.8 Å². The van der Waals surface area contributed by atoms with Crippen LogP contribution < -0.4 is 9.62 Å². The molecule has 2 N–H and O–H groups in total. The van der Waals surface area contributed by atoms with E-state index in [-0.39, 0.29) is 5.54 Å². The molecule has 0 bridgehead atoms. The summed E-state index contributed by atoms with van der Waals surface area (Å²) in [4.78, 5) is 14.0. The van der Waals surface area contributed by atoms with Gasteiger partial charge in [0, 0.05) is 32.4 Å². The third-order valence-electron chi connectivity index (χ3n) is 5.64. The second-order valence-corrected chi connectivity index (χ2v) is 9.15. The van der Waals surface area contributed by atoms with Gasteiger partial charge < -0.3 is 9.88 Å². The number of aromatic amines is 1. The fourth-order valence-corrected chi connectivity index (χ4v) is 5.61. The SMILES string of the molecule is O=S(=O)(NCc1ccccc1)N1CCN(c2ncnc3[nH]ccc23)CC12CC2. The Morgan fingerprint density at radius 2 is 1.93 bits per heavy atom. The van der Waals surface area contributed by atoms with Crippen LogP contribution in [-0.4, -0.2) is 52.8 Å². The standard InChI is InChI=1S/C19H22N6O2S/c26-28(27,23-12-15-4-2-1-3-5-15)25-11-10-24(13-19(25)7-8-19)18-16-6-9-20-17(16)21-14-22-18/h1-6,9,14,23H,7-8,10-13H2,(H,20,21,22). The topological polar surface area (TPSA) is 94.2 Å². The normalized spacial score (nSPS) is 19.4. The highest BCUT2D eigenvalue weighted by atomic mass is 32.2. The first kappa shape index (κ1) is 17.6. The number of benzene rings is 1. The maximum atomic E-state index is 13.0. The van der Waals surface area contributed by atoms with Crippen molar-refractivity contribution in [2.24, 2.45) is 0 Å². The number of anilines is 1. The molecule has 0 amide bonds. The zero-order chi connectivity index (χ0) is 19.2. The molecule has 0 radical (unpaired) electrons. The third-order valence-corrected chi connectivity index (χ3v) is 7.30. The summed E-state index contributed by atoms with van der Waals surface area (Å²) in [5.74, 6) is 0.867. The fraction of sp³-hybridized carbons (Fsp3) is 0.368. The second-order valence-electron chi connectivity index (χ2n) is 7.47. The van der Waals surface area contributed by atoms with E-state index in [2.05, 4.69) is 24.6 Å². The molecule has 1 aliphatic heterocycles. The molecule has 5 rings (SSSR count). The molecule has 28 heavy (non-hydrogen) atoms. The average Bonchev–Trinajstić information content (AvgIpc) is 3.28. The molecule has 1 saturated carbocycles. The van der Waals surface area contributed by atoms with Gasteiger partial charge in [0.05, 0.1) is 10.9 Å². The lowest BCUT2D eigenvalue weighted by Gasteiger charge is -2.41. The molecule has 1 saturated heterocycles.